The predicted molar refractivity (Wildman–Crippen MR) is 83.4 cm³/mol. The Hall–Kier alpha value is -2.40. The first-order valence-electron chi connectivity index (χ1n) is 6.50. The zero-order chi connectivity index (χ0) is 14.8. The number of benzene rings is 1. The minimum absolute atomic E-state index is 0.204. The third-order valence-electron chi connectivity index (χ3n) is 2.96. The van der Waals surface area contributed by atoms with Crippen molar-refractivity contribution in [1.29, 1.82) is 0 Å². The smallest absolute Gasteiger partial charge is 0.221 e. The van der Waals surface area contributed by atoms with Crippen LogP contribution in [-0.4, -0.2) is 21.6 Å². The molecule has 0 fully saturated rings. The molecule has 0 aliphatic rings. The monoisotopic (exact) mass is 300 g/mol. The van der Waals surface area contributed by atoms with Gasteiger partial charge in [-0.3, -0.25) is 0 Å². The van der Waals surface area contributed by atoms with E-state index < -0.39 is 0 Å². The number of rotatable bonds is 3. The number of aromatic nitrogens is 3. The lowest BCUT2D eigenvalue weighted by Crippen LogP contribution is -1.99. The normalized spacial score (nSPS) is 10.8. The van der Waals surface area contributed by atoms with E-state index in [2.05, 4.69) is 15.0 Å². The Morgan fingerprint density at radius 3 is 2.52 bits per heavy atom. The summed E-state index contributed by atoms with van der Waals surface area (Å²) in [6, 6.07) is 11.0. The van der Waals surface area contributed by atoms with E-state index in [9.17, 15) is 0 Å². The van der Waals surface area contributed by atoms with Gasteiger partial charge in [0, 0.05) is 5.56 Å². The quantitative estimate of drug-likeness (QED) is 0.751. The maximum Gasteiger partial charge on any atom is 0.221 e. The van der Waals surface area contributed by atoms with Crippen molar-refractivity contribution in [2.75, 3.05) is 12.3 Å². The molecule has 0 saturated heterocycles. The Balaban J connectivity index is 2.16. The number of anilines is 1. The number of hydrogen-bond donors (Lipinski definition) is 1. The molecular weight excluding hydrogens is 288 g/mol. The van der Waals surface area contributed by atoms with Crippen molar-refractivity contribution in [3.63, 3.8) is 0 Å². The van der Waals surface area contributed by atoms with Gasteiger partial charge in [-0.2, -0.15) is 0 Å². The summed E-state index contributed by atoms with van der Waals surface area (Å²) >= 11 is 5.97. The first-order valence-corrected chi connectivity index (χ1v) is 6.88. The van der Waals surface area contributed by atoms with Gasteiger partial charge in [-0.1, -0.05) is 11.6 Å². The summed E-state index contributed by atoms with van der Waals surface area (Å²) in [6.07, 6.45) is 0. The van der Waals surface area contributed by atoms with Crippen molar-refractivity contribution in [2.24, 2.45) is 0 Å². The number of pyridine rings is 1. The molecule has 2 aromatic heterocycles. The molecule has 3 aromatic rings. The van der Waals surface area contributed by atoms with Gasteiger partial charge in [0.05, 0.1) is 12.1 Å². The molecule has 106 valence electrons. The van der Waals surface area contributed by atoms with E-state index >= 15 is 0 Å². The second-order valence-corrected chi connectivity index (χ2v) is 4.78. The van der Waals surface area contributed by atoms with Crippen LogP contribution in [-0.2, 0) is 0 Å². The highest BCUT2D eigenvalue weighted by atomic mass is 35.5. The molecule has 0 saturated carbocycles. The van der Waals surface area contributed by atoms with Crippen LogP contribution in [0.4, 0.5) is 5.95 Å². The highest BCUT2D eigenvalue weighted by molar-refractivity contribution is 6.29. The molecule has 0 radical (unpaired) electrons. The molecule has 5 nitrogen and oxygen atoms in total. The molecule has 0 spiro atoms. The molecular formula is C15H13ClN4O. The van der Waals surface area contributed by atoms with Crippen molar-refractivity contribution in [3.8, 4) is 17.0 Å². The van der Waals surface area contributed by atoms with E-state index in [4.69, 9.17) is 22.1 Å². The first-order chi connectivity index (χ1) is 10.2. The zero-order valence-electron chi connectivity index (χ0n) is 11.4. The maximum absolute atomic E-state index is 5.97. The van der Waals surface area contributed by atoms with E-state index in [0.717, 1.165) is 11.3 Å². The van der Waals surface area contributed by atoms with E-state index in [1.54, 1.807) is 12.1 Å². The molecule has 1 aromatic carbocycles. The molecule has 6 heteroatoms. The second-order valence-electron chi connectivity index (χ2n) is 4.39. The second kappa shape index (κ2) is 5.54. The van der Waals surface area contributed by atoms with Gasteiger partial charge in [0.25, 0.3) is 0 Å². The summed E-state index contributed by atoms with van der Waals surface area (Å²) in [5.41, 5.74) is 8.60. The number of nitrogen functional groups attached to an aromatic ring is 1. The summed E-state index contributed by atoms with van der Waals surface area (Å²) in [6.45, 7) is 2.57. The standard InChI is InChI=1S/C15H13ClN4O/c1-2-21-10-5-3-9(4-6-10)13-14-11(18-15(17)20-13)7-8-12(16)19-14/h3-8H,2H2,1H3,(H2,17,18,20). The van der Waals surface area contributed by atoms with Crippen molar-refractivity contribution >= 4 is 28.6 Å². The van der Waals surface area contributed by atoms with Gasteiger partial charge in [-0.25, -0.2) is 15.0 Å². The fraction of sp³-hybridized carbons (Fsp3) is 0.133. The summed E-state index contributed by atoms with van der Waals surface area (Å²) in [5, 5.41) is 0.392. The zero-order valence-corrected chi connectivity index (χ0v) is 12.1. The van der Waals surface area contributed by atoms with Crippen LogP contribution in [0.1, 0.15) is 6.92 Å². The molecule has 0 atom stereocenters. The molecule has 0 unspecified atom stereocenters. The Morgan fingerprint density at radius 1 is 1.05 bits per heavy atom. The fourth-order valence-electron chi connectivity index (χ4n) is 2.09. The Bertz CT molecular complexity index is 790. The van der Waals surface area contributed by atoms with E-state index in [0.29, 0.717) is 28.5 Å². The minimum Gasteiger partial charge on any atom is -0.494 e. The molecule has 21 heavy (non-hydrogen) atoms. The summed E-state index contributed by atoms with van der Waals surface area (Å²) in [7, 11) is 0. The molecule has 0 bridgehead atoms. The maximum atomic E-state index is 5.97. The summed E-state index contributed by atoms with van der Waals surface area (Å²) in [4.78, 5) is 12.8. The highest BCUT2D eigenvalue weighted by Gasteiger charge is 2.10. The van der Waals surface area contributed by atoms with E-state index in [1.807, 2.05) is 31.2 Å². The van der Waals surface area contributed by atoms with Gasteiger partial charge < -0.3 is 10.5 Å². The molecule has 0 amide bonds. The largest absolute Gasteiger partial charge is 0.494 e. The lowest BCUT2D eigenvalue weighted by Gasteiger charge is -2.08. The first kappa shape index (κ1) is 13.6. The van der Waals surface area contributed by atoms with Crippen molar-refractivity contribution in [2.45, 2.75) is 6.92 Å². The lowest BCUT2D eigenvalue weighted by molar-refractivity contribution is 0.340. The average molecular weight is 301 g/mol. The van der Waals surface area contributed by atoms with Crippen LogP contribution in [0.2, 0.25) is 5.15 Å². The fourth-order valence-corrected chi connectivity index (χ4v) is 2.23. The van der Waals surface area contributed by atoms with Crippen LogP contribution in [0.3, 0.4) is 0 Å². The topological polar surface area (TPSA) is 73.9 Å². The summed E-state index contributed by atoms with van der Waals surface area (Å²) in [5.74, 6) is 1.01. The van der Waals surface area contributed by atoms with Crippen LogP contribution >= 0.6 is 11.6 Å². The van der Waals surface area contributed by atoms with Gasteiger partial charge >= 0.3 is 0 Å². The number of ether oxygens (including phenoxy) is 1. The molecule has 2 N–H and O–H groups in total. The van der Waals surface area contributed by atoms with Crippen LogP contribution in [0.5, 0.6) is 5.75 Å². The van der Waals surface area contributed by atoms with E-state index in [1.165, 1.54) is 0 Å². The van der Waals surface area contributed by atoms with Crippen molar-refractivity contribution < 1.29 is 4.74 Å². The van der Waals surface area contributed by atoms with Gasteiger partial charge in [-0.15, -0.1) is 0 Å². The third-order valence-corrected chi connectivity index (χ3v) is 3.17. The van der Waals surface area contributed by atoms with E-state index in [-0.39, 0.29) is 5.95 Å². The van der Waals surface area contributed by atoms with Gasteiger partial charge in [0.15, 0.2) is 0 Å². The number of nitrogens with zero attached hydrogens (tertiary/aromatic N) is 3. The van der Waals surface area contributed by atoms with Gasteiger partial charge in [0.1, 0.15) is 22.1 Å². The number of hydrogen-bond acceptors (Lipinski definition) is 5. The molecule has 0 aliphatic heterocycles. The number of halogens is 1. The molecule has 2 heterocycles. The predicted octanol–water partition coefficient (Wildman–Crippen LogP) is 3.33. The Kier molecular flexibility index (Phi) is 3.58. The molecule has 3 rings (SSSR count). The van der Waals surface area contributed by atoms with Gasteiger partial charge in [-0.05, 0) is 43.3 Å². The molecule has 0 aliphatic carbocycles. The Morgan fingerprint density at radius 2 is 1.81 bits per heavy atom. The third kappa shape index (κ3) is 2.73. The van der Waals surface area contributed by atoms with Crippen LogP contribution in [0, 0.1) is 0 Å². The Labute approximate surface area is 126 Å². The number of fused-ring (bicyclic) bond motifs is 1. The number of nitrogens with two attached hydrogens (primary N) is 1. The highest BCUT2D eigenvalue weighted by Crippen LogP contribution is 2.27. The van der Waals surface area contributed by atoms with Crippen LogP contribution < -0.4 is 10.5 Å². The SMILES string of the molecule is CCOc1ccc(-c2nc(N)nc3ccc(Cl)nc23)cc1. The minimum atomic E-state index is 0.204. The average Bonchev–Trinajstić information content (AvgIpc) is 2.48. The van der Waals surface area contributed by atoms with Crippen LogP contribution in [0.15, 0.2) is 36.4 Å². The lowest BCUT2D eigenvalue weighted by atomic mass is 10.1. The van der Waals surface area contributed by atoms with Crippen LogP contribution in [0.25, 0.3) is 22.3 Å². The van der Waals surface area contributed by atoms with Crippen molar-refractivity contribution in [3.05, 3.63) is 41.6 Å². The van der Waals surface area contributed by atoms with Gasteiger partial charge in [0.2, 0.25) is 5.95 Å². The van der Waals surface area contributed by atoms with Crippen molar-refractivity contribution in [1.82, 2.24) is 15.0 Å². The summed E-state index contributed by atoms with van der Waals surface area (Å²) < 4.78 is 5.43.